The Bertz CT molecular complexity index is 417. The van der Waals surface area contributed by atoms with Gasteiger partial charge in [-0.15, -0.1) is 23.7 Å². The van der Waals surface area contributed by atoms with Gasteiger partial charge in [0.15, 0.2) is 0 Å². The summed E-state index contributed by atoms with van der Waals surface area (Å²) in [5, 5.41) is 7.91. The molecule has 0 atom stereocenters. The maximum Gasteiger partial charge on any atom is 0.261 e. The molecule has 0 aliphatic carbocycles. The molecule has 2 N–H and O–H groups in total. The molecule has 0 radical (unpaired) electrons. The number of rotatable bonds is 4. The van der Waals surface area contributed by atoms with Gasteiger partial charge in [0, 0.05) is 32.6 Å². The average molecular weight is 318 g/mol. The molecule has 2 amide bonds. The lowest BCUT2D eigenvalue weighted by molar-refractivity contribution is -0.130. The van der Waals surface area contributed by atoms with E-state index in [0.717, 1.165) is 32.6 Å². The molecule has 20 heavy (non-hydrogen) atoms. The van der Waals surface area contributed by atoms with Gasteiger partial charge in [0.2, 0.25) is 5.91 Å². The first-order chi connectivity index (χ1) is 9.27. The van der Waals surface area contributed by atoms with E-state index in [9.17, 15) is 9.59 Å². The molecule has 1 aliphatic heterocycles. The highest BCUT2D eigenvalue weighted by Gasteiger charge is 2.15. The van der Waals surface area contributed by atoms with Crippen LogP contribution < -0.4 is 10.6 Å². The van der Waals surface area contributed by atoms with Crippen LogP contribution in [0.25, 0.3) is 0 Å². The lowest BCUT2D eigenvalue weighted by Crippen LogP contribution is -2.36. The predicted octanol–water partition coefficient (Wildman–Crippen LogP) is 1.11. The second-order valence-electron chi connectivity index (χ2n) is 4.47. The Labute approximate surface area is 129 Å². The van der Waals surface area contributed by atoms with E-state index < -0.39 is 0 Å². The molecule has 0 bridgehead atoms. The molecule has 5 nitrogen and oxygen atoms in total. The minimum atomic E-state index is -0.0969. The molecule has 2 rings (SSSR count). The van der Waals surface area contributed by atoms with Gasteiger partial charge in [-0.3, -0.25) is 9.59 Å². The summed E-state index contributed by atoms with van der Waals surface area (Å²) in [6, 6.07) is 3.62. The van der Waals surface area contributed by atoms with Crippen molar-refractivity contribution in [2.45, 2.75) is 12.8 Å². The van der Waals surface area contributed by atoms with Gasteiger partial charge in [0.05, 0.1) is 4.88 Å². The summed E-state index contributed by atoms with van der Waals surface area (Å²) in [7, 11) is 0. The maximum absolute atomic E-state index is 12.0. The predicted molar refractivity (Wildman–Crippen MR) is 82.6 cm³/mol. The first kappa shape index (κ1) is 16.9. The van der Waals surface area contributed by atoms with E-state index in [4.69, 9.17) is 0 Å². The highest BCUT2D eigenvalue weighted by atomic mass is 35.5. The molecule has 1 aromatic heterocycles. The van der Waals surface area contributed by atoms with E-state index in [1.807, 2.05) is 16.3 Å². The largest absolute Gasteiger partial charge is 0.351 e. The zero-order valence-electron chi connectivity index (χ0n) is 11.3. The van der Waals surface area contributed by atoms with E-state index >= 15 is 0 Å². The van der Waals surface area contributed by atoms with Crippen LogP contribution >= 0.6 is 23.7 Å². The number of carbonyl (C=O) groups is 2. The number of nitrogens with zero attached hydrogens (tertiary/aromatic N) is 1. The van der Waals surface area contributed by atoms with Crippen molar-refractivity contribution >= 4 is 35.6 Å². The van der Waals surface area contributed by atoms with Crippen molar-refractivity contribution in [2.75, 3.05) is 32.7 Å². The Kier molecular flexibility index (Phi) is 7.58. The Balaban J connectivity index is 0.00000200. The fourth-order valence-electron chi connectivity index (χ4n) is 2.03. The zero-order chi connectivity index (χ0) is 13.5. The molecule has 1 aliphatic rings. The molecule has 1 aromatic rings. The molecule has 0 aromatic carbocycles. The van der Waals surface area contributed by atoms with Gasteiger partial charge >= 0.3 is 0 Å². The van der Waals surface area contributed by atoms with Crippen molar-refractivity contribution in [2.24, 2.45) is 0 Å². The van der Waals surface area contributed by atoms with Crippen molar-refractivity contribution in [1.29, 1.82) is 0 Å². The van der Waals surface area contributed by atoms with E-state index in [1.54, 1.807) is 6.07 Å². The van der Waals surface area contributed by atoms with Gasteiger partial charge in [-0.05, 0) is 24.4 Å². The molecular weight excluding hydrogens is 298 g/mol. The number of halogens is 1. The average Bonchev–Trinajstić information content (AvgIpc) is 2.81. The van der Waals surface area contributed by atoms with E-state index in [0.29, 0.717) is 17.8 Å². The van der Waals surface area contributed by atoms with Crippen LogP contribution in [0.15, 0.2) is 17.5 Å². The quantitative estimate of drug-likeness (QED) is 0.874. The van der Waals surface area contributed by atoms with E-state index in [-0.39, 0.29) is 24.2 Å². The normalized spacial score (nSPS) is 15.1. The van der Waals surface area contributed by atoms with Gasteiger partial charge in [-0.1, -0.05) is 6.07 Å². The molecule has 0 saturated carbocycles. The van der Waals surface area contributed by atoms with Crippen molar-refractivity contribution in [3.05, 3.63) is 22.4 Å². The number of nitrogens with one attached hydrogen (secondary N) is 2. The van der Waals surface area contributed by atoms with Crippen LogP contribution in [0, 0.1) is 0 Å². The summed E-state index contributed by atoms with van der Waals surface area (Å²) >= 11 is 1.41. The number of hydrogen-bond donors (Lipinski definition) is 2. The summed E-state index contributed by atoms with van der Waals surface area (Å²) in [5.41, 5.74) is 0. The number of thiophene rings is 1. The van der Waals surface area contributed by atoms with Crippen LogP contribution in [0.4, 0.5) is 0 Å². The molecule has 0 unspecified atom stereocenters. The lowest BCUT2D eigenvalue weighted by atomic mass is 10.3. The molecule has 0 spiro atoms. The van der Waals surface area contributed by atoms with Crippen LogP contribution in [0.2, 0.25) is 0 Å². The summed E-state index contributed by atoms with van der Waals surface area (Å²) < 4.78 is 0. The standard InChI is InChI=1S/C13H19N3O2S.ClH/c17-12(16-8-2-5-14-7-9-16)4-6-15-13(18)11-3-1-10-19-11;/h1,3,10,14H,2,4-9H2,(H,15,18);1H. The topological polar surface area (TPSA) is 61.4 Å². The van der Waals surface area contributed by atoms with Crippen LogP contribution in [0.3, 0.4) is 0 Å². The summed E-state index contributed by atoms with van der Waals surface area (Å²) in [6.07, 6.45) is 1.37. The second kappa shape index (κ2) is 8.94. The fourth-order valence-corrected chi connectivity index (χ4v) is 2.67. The molecular formula is C13H20ClN3O2S. The monoisotopic (exact) mass is 317 g/mol. The van der Waals surface area contributed by atoms with Crippen LogP contribution in [-0.4, -0.2) is 49.4 Å². The summed E-state index contributed by atoms with van der Waals surface area (Å²) in [5.74, 6) is 0.0236. The van der Waals surface area contributed by atoms with Crippen LogP contribution in [-0.2, 0) is 4.79 Å². The number of amides is 2. The first-order valence-corrected chi connectivity index (χ1v) is 7.45. The Morgan fingerprint density at radius 3 is 2.95 bits per heavy atom. The third-order valence-corrected chi connectivity index (χ3v) is 3.93. The third-order valence-electron chi connectivity index (χ3n) is 3.06. The second-order valence-corrected chi connectivity index (χ2v) is 5.42. The number of hydrogen-bond acceptors (Lipinski definition) is 4. The summed E-state index contributed by atoms with van der Waals surface area (Å²) in [6.45, 7) is 3.80. The number of carbonyl (C=O) groups excluding carboxylic acids is 2. The Hall–Kier alpha value is -1.11. The smallest absolute Gasteiger partial charge is 0.261 e. The van der Waals surface area contributed by atoms with Crippen molar-refractivity contribution in [3.8, 4) is 0 Å². The van der Waals surface area contributed by atoms with Gasteiger partial charge in [0.1, 0.15) is 0 Å². The van der Waals surface area contributed by atoms with Gasteiger partial charge in [-0.25, -0.2) is 0 Å². The fraction of sp³-hybridized carbons (Fsp3) is 0.538. The summed E-state index contributed by atoms with van der Waals surface area (Å²) in [4.78, 5) is 26.2. The highest BCUT2D eigenvalue weighted by molar-refractivity contribution is 7.12. The Morgan fingerprint density at radius 2 is 2.20 bits per heavy atom. The Morgan fingerprint density at radius 1 is 1.35 bits per heavy atom. The zero-order valence-corrected chi connectivity index (χ0v) is 12.9. The molecule has 112 valence electrons. The van der Waals surface area contributed by atoms with Gasteiger partial charge < -0.3 is 15.5 Å². The lowest BCUT2D eigenvalue weighted by Gasteiger charge is -2.19. The van der Waals surface area contributed by atoms with Gasteiger partial charge in [0.25, 0.3) is 5.91 Å². The first-order valence-electron chi connectivity index (χ1n) is 6.57. The molecule has 2 heterocycles. The molecule has 1 saturated heterocycles. The van der Waals surface area contributed by atoms with Crippen LogP contribution in [0.1, 0.15) is 22.5 Å². The minimum Gasteiger partial charge on any atom is -0.351 e. The molecule has 7 heteroatoms. The van der Waals surface area contributed by atoms with E-state index in [2.05, 4.69) is 10.6 Å². The highest BCUT2D eigenvalue weighted by Crippen LogP contribution is 2.07. The van der Waals surface area contributed by atoms with Crippen molar-refractivity contribution in [3.63, 3.8) is 0 Å². The SMILES string of the molecule is Cl.O=C(NCCC(=O)N1CCCNCC1)c1cccs1. The van der Waals surface area contributed by atoms with Gasteiger partial charge in [-0.2, -0.15) is 0 Å². The van der Waals surface area contributed by atoms with Crippen molar-refractivity contribution < 1.29 is 9.59 Å². The maximum atomic E-state index is 12.0. The van der Waals surface area contributed by atoms with Crippen molar-refractivity contribution in [1.82, 2.24) is 15.5 Å². The van der Waals surface area contributed by atoms with Crippen LogP contribution in [0.5, 0.6) is 0 Å². The molecule has 1 fully saturated rings. The van der Waals surface area contributed by atoms with E-state index in [1.165, 1.54) is 11.3 Å². The third kappa shape index (κ3) is 5.11. The minimum absolute atomic E-state index is 0.